The molecule has 1 amide bonds. The van der Waals surface area contributed by atoms with Crippen LogP contribution in [0.5, 0.6) is 11.5 Å². The van der Waals surface area contributed by atoms with E-state index in [4.69, 9.17) is 9.47 Å². The first kappa shape index (κ1) is 17.1. The average Bonchev–Trinajstić information content (AvgIpc) is 3.06. The number of nitrogens with one attached hydrogen (secondary N) is 1. The maximum atomic E-state index is 12.6. The summed E-state index contributed by atoms with van der Waals surface area (Å²) in [7, 11) is 0. The summed E-state index contributed by atoms with van der Waals surface area (Å²) in [6.45, 7) is 3.94. The van der Waals surface area contributed by atoms with Crippen molar-refractivity contribution >= 4 is 16.8 Å². The maximum Gasteiger partial charge on any atom is 0.253 e. The SMILES string of the molecule is CC(C)(O)[C@H]1CC[C@H](NC(=O)c2cnc3cc4c(cc3c2)OCO4)CC1. The number of nitrogens with zero attached hydrogens (tertiary/aromatic N) is 1. The van der Waals surface area contributed by atoms with E-state index in [1.54, 1.807) is 6.20 Å². The van der Waals surface area contributed by atoms with Crippen molar-refractivity contribution in [3.8, 4) is 11.5 Å². The lowest BCUT2D eigenvalue weighted by Crippen LogP contribution is -2.41. The second-order valence-corrected chi connectivity index (χ2v) is 7.80. The Morgan fingerprint density at radius 2 is 1.85 bits per heavy atom. The average molecular weight is 356 g/mol. The Balaban J connectivity index is 1.44. The van der Waals surface area contributed by atoms with Gasteiger partial charge in [-0.3, -0.25) is 9.78 Å². The highest BCUT2D eigenvalue weighted by molar-refractivity contribution is 5.98. The van der Waals surface area contributed by atoms with Crippen LogP contribution < -0.4 is 14.8 Å². The van der Waals surface area contributed by atoms with E-state index in [9.17, 15) is 9.90 Å². The number of rotatable bonds is 3. The summed E-state index contributed by atoms with van der Waals surface area (Å²) < 4.78 is 10.8. The van der Waals surface area contributed by atoms with Gasteiger partial charge in [0.05, 0.1) is 16.7 Å². The van der Waals surface area contributed by atoms with E-state index in [0.717, 1.165) is 36.6 Å². The van der Waals surface area contributed by atoms with Crippen molar-refractivity contribution < 1.29 is 19.4 Å². The van der Waals surface area contributed by atoms with Crippen LogP contribution in [0.15, 0.2) is 24.4 Å². The molecule has 0 atom stereocenters. The van der Waals surface area contributed by atoms with Crippen molar-refractivity contribution in [1.82, 2.24) is 10.3 Å². The fourth-order valence-corrected chi connectivity index (χ4v) is 3.86. The van der Waals surface area contributed by atoms with Gasteiger partial charge in [-0.2, -0.15) is 0 Å². The van der Waals surface area contributed by atoms with Crippen molar-refractivity contribution in [2.75, 3.05) is 6.79 Å². The molecule has 1 fully saturated rings. The van der Waals surface area contributed by atoms with Gasteiger partial charge in [0.15, 0.2) is 11.5 Å². The Hall–Kier alpha value is -2.34. The summed E-state index contributed by atoms with van der Waals surface area (Å²) in [6.07, 6.45) is 5.23. The zero-order valence-corrected chi connectivity index (χ0v) is 15.1. The summed E-state index contributed by atoms with van der Waals surface area (Å²) >= 11 is 0. The number of aliphatic hydroxyl groups is 1. The van der Waals surface area contributed by atoms with E-state index >= 15 is 0 Å². The predicted molar refractivity (Wildman–Crippen MR) is 97.4 cm³/mol. The number of pyridine rings is 1. The van der Waals surface area contributed by atoms with Crippen LogP contribution in [0.3, 0.4) is 0 Å². The molecule has 0 spiro atoms. The Morgan fingerprint density at radius 1 is 1.15 bits per heavy atom. The highest BCUT2D eigenvalue weighted by Gasteiger charge is 2.31. The van der Waals surface area contributed by atoms with Crippen LogP contribution in [0.25, 0.3) is 10.9 Å². The number of fused-ring (bicyclic) bond motifs is 2. The zero-order chi connectivity index (χ0) is 18.3. The molecule has 2 aromatic rings. The number of carbonyl (C=O) groups is 1. The third kappa shape index (κ3) is 3.33. The number of carbonyl (C=O) groups excluding carboxylic acids is 1. The van der Waals surface area contributed by atoms with Gasteiger partial charge in [-0.25, -0.2) is 0 Å². The Morgan fingerprint density at radius 3 is 2.54 bits per heavy atom. The minimum atomic E-state index is -0.650. The third-order valence-corrected chi connectivity index (χ3v) is 5.50. The minimum Gasteiger partial charge on any atom is -0.454 e. The topological polar surface area (TPSA) is 80.7 Å². The summed E-state index contributed by atoms with van der Waals surface area (Å²) in [4.78, 5) is 17.0. The van der Waals surface area contributed by atoms with Crippen molar-refractivity contribution in [3.05, 3.63) is 30.0 Å². The lowest BCUT2D eigenvalue weighted by Gasteiger charge is -2.36. The molecule has 1 aliphatic heterocycles. The van der Waals surface area contributed by atoms with E-state index in [0.29, 0.717) is 23.0 Å². The van der Waals surface area contributed by atoms with E-state index < -0.39 is 5.60 Å². The van der Waals surface area contributed by atoms with Crippen LogP contribution in [-0.2, 0) is 0 Å². The molecule has 26 heavy (non-hydrogen) atoms. The Kier molecular flexibility index (Phi) is 4.23. The van der Waals surface area contributed by atoms with Gasteiger partial charge in [-0.15, -0.1) is 0 Å². The van der Waals surface area contributed by atoms with Gasteiger partial charge in [0.1, 0.15) is 0 Å². The van der Waals surface area contributed by atoms with Gasteiger partial charge < -0.3 is 19.9 Å². The normalized spacial score (nSPS) is 22.4. The van der Waals surface area contributed by atoms with Gasteiger partial charge in [0, 0.05) is 23.7 Å². The first-order chi connectivity index (χ1) is 12.4. The molecule has 2 heterocycles. The molecular weight excluding hydrogens is 332 g/mol. The lowest BCUT2D eigenvalue weighted by atomic mass is 9.77. The standard InChI is InChI=1S/C20H24N2O4/c1-20(2,24)14-3-5-15(6-4-14)22-19(23)13-7-12-8-17-18(26-11-25-17)9-16(12)21-10-13/h7-10,14-15,24H,3-6,11H2,1-2H3,(H,22,23)/t14-,15-. The summed E-state index contributed by atoms with van der Waals surface area (Å²) in [5.74, 6) is 1.55. The largest absolute Gasteiger partial charge is 0.454 e. The van der Waals surface area contributed by atoms with Crippen molar-refractivity contribution in [1.29, 1.82) is 0 Å². The number of amides is 1. The van der Waals surface area contributed by atoms with Crippen LogP contribution >= 0.6 is 0 Å². The molecule has 0 bridgehead atoms. The first-order valence-electron chi connectivity index (χ1n) is 9.13. The highest BCUT2D eigenvalue weighted by Crippen LogP contribution is 2.36. The summed E-state index contributed by atoms with van der Waals surface area (Å²) in [5, 5.41) is 14.1. The van der Waals surface area contributed by atoms with Crippen molar-refractivity contribution in [3.63, 3.8) is 0 Å². The van der Waals surface area contributed by atoms with Gasteiger partial charge in [0.2, 0.25) is 6.79 Å². The molecule has 1 aromatic heterocycles. The molecule has 138 valence electrons. The van der Waals surface area contributed by atoms with Crippen LogP contribution in [0.2, 0.25) is 0 Å². The fourth-order valence-electron chi connectivity index (χ4n) is 3.86. The van der Waals surface area contributed by atoms with Crippen LogP contribution in [0.4, 0.5) is 0 Å². The summed E-state index contributed by atoms with van der Waals surface area (Å²) in [6, 6.07) is 5.67. The number of aromatic nitrogens is 1. The van der Waals surface area contributed by atoms with Crippen LogP contribution in [0, 0.1) is 5.92 Å². The zero-order valence-electron chi connectivity index (χ0n) is 15.1. The third-order valence-electron chi connectivity index (χ3n) is 5.50. The molecule has 0 radical (unpaired) electrons. The highest BCUT2D eigenvalue weighted by atomic mass is 16.7. The molecule has 0 saturated heterocycles. The number of benzene rings is 1. The van der Waals surface area contributed by atoms with Gasteiger partial charge >= 0.3 is 0 Å². The summed E-state index contributed by atoms with van der Waals surface area (Å²) in [5.41, 5.74) is 0.668. The molecule has 4 rings (SSSR count). The molecule has 1 saturated carbocycles. The van der Waals surface area contributed by atoms with E-state index in [1.807, 2.05) is 32.0 Å². The molecule has 2 aliphatic rings. The smallest absolute Gasteiger partial charge is 0.253 e. The number of hydrogen-bond acceptors (Lipinski definition) is 5. The monoisotopic (exact) mass is 356 g/mol. The van der Waals surface area contributed by atoms with Gasteiger partial charge in [0.25, 0.3) is 5.91 Å². The van der Waals surface area contributed by atoms with Gasteiger partial charge in [-0.1, -0.05) is 0 Å². The van der Waals surface area contributed by atoms with E-state index in [-0.39, 0.29) is 18.7 Å². The quantitative estimate of drug-likeness (QED) is 0.884. The second-order valence-electron chi connectivity index (χ2n) is 7.80. The molecule has 0 unspecified atom stereocenters. The number of ether oxygens (including phenoxy) is 2. The molecular formula is C20H24N2O4. The first-order valence-corrected chi connectivity index (χ1v) is 9.13. The maximum absolute atomic E-state index is 12.6. The van der Waals surface area contributed by atoms with Crippen molar-refractivity contribution in [2.45, 2.75) is 51.2 Å². The predicted octanol–water partition coefficient (Wildman–Crippen LogP) is 3.02. The second kappa shape index (κ2) is 6.43. The Bertz CT molecular complexity index is 836. The molecule has 1 aromatic carbocycles. The number of hydrogen-bond donors (Lipinski definition) is 2. The molecule has 6 heteroatoms. The Labute approximate surface area is 152 Å². The lowest BCUT2D eigenvalue weighted by molar-refractivity contribution is -0.00257. The molecule has 1 aliphatic carbocycles. The molecule has 2 N–H and O–H groups in total. The van der Waals surface area contributed by atoms with Gasteiger partial charge in [-0.05, 0) is 57.6 Å². The van der Waals surface area contributed by atoms with E-state index in [2.05, 4.69) is 10.3 Å². The minimum absolute atomic E-state index is 0.108. The van der Waals surface area contributed by atoms with E-state index in [1.165, 1.54) is 0 Å². The van der Waals surface area contributed by atoms with Crippen LogP contribution in [-0.4, -0.2) is 34.4 Å². The van der Waals surface area contributed by atoms with Crippen molar-refractivity contribution in [2.24, 2.45) is 5.92 Å². The molecule has 6 nitrogen and oxygen atoms in total. The van der Waals surface area contributed by atoms with Crippen LogP contribution in [0.1, 0.15) is 49.9 Å². The fraction of sp³-hybridized carbons (Fsp3) is 0.500.